The first kappa shape index (κ1) is 18.0. The Labute approximate surface area is 125 Å². The van der Waals surface area contributed by atoms with Gasteiger partial charge in [-0.3, -0.25) is 0 Å². The van der Waals surface area contributed by atoms with Crippen molar-refractivity contribution in [2.45, 2.75) is 59.3 Å². The van der Waals surface area contributed by atoms with Gasteiger partial charge in [0.25, 0.3) is 0 Å². The lowest BCUT2D eigenvalue weighted by Crippen LogP contribution is -2.30. The minimum absolute atomic E-state index is 0.284. The van der Waals surface area contributed by atoms with Gasteiger partial charge in [-0.1, -0.05) is 46.5 Å². The summed E-state index contributed by atoms with van der Waals surface area (Å²) in [4.78, 5) is 0. The summed E-state index contributed by atoms with van der Waals surface area (Å²) in [5, 5.41) is 3.57. The molecule has 1 aliphatic rings. The zero-order chi connectivity index (χ0) is 15.0. The van der Waals surface area contributed by atoms with Crippen molar-refractivity contribution in [3.63, 3.8) is 0 Å². The number of hydrogen-bond donors (Lipinski definition) is 1. The van der Waals surface area contributed by atoms with E-state index in [1.165, 1.54) is 25.7 Å². The summed E-state index contributed by atoms with van der Waals surface area (Å²) >= 11 is 0. The first-order chi connectivity index (χ1) is 9.44. The van der Waals surface area contributed by atoms with Crippen molar-refractivity contribution in [3.05, 3.63) is 0 Å². The Bertz CT molecular complexity index is 345. The molecule has 3 nitrogen and oxygen atoms in total. The maximum Gasteiger partial charge on any atom is 0.150 e. The molecular weight excluding hydrogens is 270 g/mol. The van der Waals surface area contributed by atoms with Crippen molar-refractivity contribution in [1.29, 1.82) is 0 Å². The number of nitrogens with one attached hydrogen (secondary N) is 1. The van der Waals surface area contributed by atoms with E-state index in [9.17, 15) is 8.42 Å². The van der Waals surface area contributed by atoms with Gasteiger partial charge < -0.3 is 5.32 Å². The average molecular weight is 304 g/mol. The monoisotopic (exact) mass is 303 g/mol. The Morgan fingerprint density at radius 3 is 2.35 bits per heavy atom. The van der Waals surface area contributed by atoms with Gasteiger partial charge in [0, 0.05) is 5.75 Å². The third kappa shape index (κ3) is 7.07. The molecule has 120 valence electrons. The highest BCUT2D eigenvalue weighted by Crippen LogP contribution is 2.33. The van der Waals surface area contributed by atoms with E-state index in [1.807, 2.05) is 0 Å². The topological polar surface area (TPSA) is 46.2 Å². The fraction of sp³-hybridized carbons (Fsp3) is 1.00. The number of sulfone groups is 1. The summed E-state index contributed by atoms with van der Waals surface area (Å²) in [6.07, 6.45) is 7.30. The molecule has 1 unspecified atom stereocenters. The summed E-state index contributed by atoms with van der Waals surface area (Å²) in [7, 11) is -2.79. The normalized spacial score (nSPS) is 18.8. The predicted octanol–water partition coefficient (Wildman–Crippen LogP) is 3.25. The van der Waals surface area contributed by atoms with E-state index < -0.39 is 9.84 Å². The van der Waals surface area contributed by atoms with Crippen LogP contribution in [0.4, 0.5) is 0 Å². The van der Waals surface area contributed by atoms with E-state index in [2.05, 4.69) is 19.2 Å². The third-order valence-corrected chi connectivity index (χ3v) is 6.29. The molecule has 0 saturated heterocycles. The molecule has 1 rings (SSSR count). The Morgan fingerprint density at radius 2 is 1.80 bits per heavy atom. The lowest BCUT2D eigenvalue weighted by molar-refractivity contribution is 0.298. The highest BCUT2D eigenvalue weighted by molar-refractivity contribution is 7.91. The molecule has 1 N–H and O–H groups in total. The lowest BCUT2D eigenvalue weighted by Gasteiger charge is -2.24. The molecule has 0 radical (unpaired) electrons. The van der Waals surface area contributed by atoms with Crippen molar-refractivity contribution in [1.82, 2.24) is 5.32 Å². The van der Waals surface area contributed by atoms with Gasteiger partial charge in [0.2, 0.25) is 0 Å². The van der Waals surface area contributed by atoms with Crippen LogP contribution in [0.3, 0.4) is 0 Å². The van der Waals surface area contributed by atoms with Crippen LogP contribution in [0.2, 0.25) is 0 Å². The van der Waals surface area contributed by atoms with Gasteiger partial charge in [0.05, 0.1) is 5.75 Å². The van der Waals surface area contributed by atoms with Gasteiger partial charge in [-0.15, -0.1) is 0 Å². The van der Waals surface area contributed by atoms with Crippen LogP contribution in [0.25, 0.3) is 0 Å². The second-order valence-electron chi connectivity index (χ2n) is 6.74. The maximum atomic E-state index is 11.6. The van der Waals surface area contributed by atoms with Crippen LogP contribution in [0.1, 0.15) is 59.3 Å². The van der Waals surface area contributed by atoms with Crippen LogP contribution in [0, 0.1) is 17.8 Å². The Balaban J connectivity index is 2.37. The van der Waals surface area contributed by atoms with Crippen molar-refractivity contribution in [2.24, 2.45) is 17.8 Å². The van der Waals surface area contributed by atoms with Crippen LogP contribution in [-0.2, 0) is 9.84 Å². The Kier molecular flexibility index (Phi) is 8.11. The van der Waals surface area contributed by atoms with Gasteiger partial charge in [0.15, 0.2) is 0 Å². The molecule has 20 heavy (non-hydrogen) atoms. The van der Waals surface area contributed by atoms with Crippen LogP contribution in [0.5, 0.6) is 0 Å². The molecule has 0 bridgehead atoms. The smallest absolute Gasteiger partial charge is 0.150 e. The largest absolute Gasteiger partial charge is 0.316 e. The quantitative estimate of drug-likeness (QED) is 0.674. The summed E-state index contributed by atoms with van der Waals surface area (Å²) in [5.41, 5.74) is 0. The molecule has 1 atom stereocenters. The standard InChI is InChI=1S/C16H33NO2S/c1-4-20(18,19)11-7-10-16(13-17-12-14(2)3)15-8-5-6-9-15/h14-17H,4-13H2,1-3H3. The van der Waals surface area contributed by atoms with Gasteiger partial charge in [-0.25, -0.2) is 8.42 Å². The van der Waals surface area contributed by atoms with Crippen molar-refractivity contribution in [2.75, 3.05) is 24.6 Å². The van der Waals surface area contributed by atoms with Crippen molar-refractivity contribution in [3.8, 4) is 0 Å². The van der Waals surface area contributed by atoms with Crippen molar-refractivity contribution < 1.29 is 8.42 Å². The summed E-state index contributed by atoms with van der Waals surface area (Å²) in [6.45, 7) is 8.33. The zero-order valence-corrected chi connectivity index (χ0v) is 14.3. The minimum Gasteiger partial charge on any atom is -0.316 e. The van der Waals surface area contributed by atoms with E-state index in [-0.39, 0.29) is 5.75 Å². The van der Waals surface area contributed by atoms with E-state index in [0.717, 1.165) is 31.8 Å². The summed E-state index contributed by atoms with van der Waals surface area (Å²) in [6, 6.07) is 0. The van der Waals surface area contributed by atoms with Crippen LogP contribution < -0.4 is 5.32 Å². The lowest BCUT2D eigenvalue weighted by atomic mass is 9.87. The molecule has 0 aliphatic heterocycles. The molecule has 0 aromatic heterocycles. The number of hydrogen-bond acceptors (Lipinski definition) is 3. The van der Waals surface area contributed by atoms with E-state index >= 15 is 0 Å². The maximum absolute atomic E-state index is 11.6. The molecule has 0 spiro atoms. The first-order valence-corrected chi connectivity index (χ1v) is 10.2. The zero-order valence-electron chi connectivity index (χ0n) is 13.5. The predicted molar refractivity (Wildman–Crippen MR) is 86.7 cm³/mol. The molecule has 4 heteroatoms. The molecule has 0 aromatic rings. The first-order valence-electron chi connectivity index (χ1n) is 8.35. The second-order valence-corrected chi connectivity index (χ2v) is 9.21. The highest BCUT2D eigenvalue weighted by Gasteiger charge is 2.24. The summed E-state index contributed by atoms with van der Waals surface area (Å²) in [5.74, 6) is 2.82. The molecule has 0 amide bonds. The number of rotatable bonds is 10. The van der Waals surface area contributed by atoms with E-state index in [1.54, 1.807) is 6.92 Å². The molecular formula is C16H33NO2S. The van der Waals surface area contributed by atoms with Gasteiger partial charge in [0.1, 0.15) is 9.84 Å². The third-order valence-electron chi connectivity index (χ3n) is 4.50. The molecule has 0 aromatic carbocycles. The molecule has 1 fully saturated rings. The fourth-order valence-corrected chi connectivity index (χ4v) is 4.10. The molecule has 1 saturated carbocycles. The average Bonchev–Trinajstić information content (AvgIpc) is 2.90. The van der Waals surface area contributed by atoms with Crippen LogP contribution in [-0.4, -0.2) is 33.0 Å². The minimum atomic E-state index is -2.79. The molecule has 1 aliphatic carbocycles. The van der Waals surface area contributed by atoms with Gasteiger partial charge in [-0.2, -0.15) is 0 Å². The second kappa shape index (κ2) is 9.04. The SMILES string of the molecule is CCS(=O)(=O)CCCC(CNCC(C)C)C1CCCC1. The van der Waals surface area contributed by atoms with E-state index in [0.29, 0.717) is 17.6 Å². The van der Waals surface area contributed by atoms with Crippen molar-refractivity contribution >= 4 is 9.84 Å². The van der Waals surface area contributed by atoms with Crippen LogP contribution in [0.15, 0.2) is 0 Å². The molecule has 0 heterocycles. The van der Waals surface area contributed by atoms with Gasteiger partial charge >= 0.3 is 0 Å². The summed E-state index contributed by atoms with van der Waals surface area (Å²) < 4.78 is 23.2. The van der Waals surface area contributed by atoms with Crippen LogP contribution >= 0.6 is 0 Å². The highest BCUT2D eigenvalue weighted by atomic mass is 32.2. The fourth-order valence-electron chi connectivity index (χ4n) is 3.20. The Morgan fingerprint density at radius 1 is 1.15 bits per heavy atom. The Hall–Kier alpha value is -0.0900. The van der Waals surface area contributed by atoms with E-state index in [4.69, 9.17) is 0 Å². The van der Waals surface area contributed by atoms with Gasteiger partial charge in [-0.05, 0) is 43.7 Å².